The van der Waals surface area contributed by atoms with Crippen molar-refractivity contribution in [1.29, 1.82) is 0 Å². The smallest absolute Gasteiger partial charge is 0.378 e. The third-order valence-electron chi connectivity index (χ3n) is 4.61. The first-order valence-electron chi connectivity index (χ1n) is 8.84. The van der Waals surface area contributed by atoms with Crippen LogP contribution in [0.15, 0.2) is 29.6 Å². The minimum absolute atomic E-state index is 0.150. The third-order valence-corrected chi connectivity index (χ3v) is 5.62. The van der Waals surface area contributed by atoms with Gasteiger partial charge >= 0.3 is 12.2 Å². The topological polar surface area (TPSA) is 44.8 Å². The number of nitrogens with one attached hydrogen (secondary N) is 1. The van der Waals surface area contributed by atoms with Gasteiger partial charge in [-0.3, -0.25) is 0 Å². The number of thiophene rings is 1. The molecular formula is C19H22F3N3O2S. The molecule has 1 aromatic heterocycles. The Hall–Kier alpha value is -2.26. The lowest BCUT2D eigenvalue weighted by atomic mass is 10.1. The Bertz CT molecular complexity index is 832. The molecule has 2 amide bonds. The van der Waals surface area contributed by atoms with Crippen molar-refractivity contribution in [3.05, 3.63) is 45.6 Å². The van der Waals surface area contributed by atoms with Crippen LogP contribution in [0.3, 0.4) is 0 Å². The number of hydrogen-bond donors (Lipinski definition) is 1. The van der Waals surface area contributed by atoms with Gasteiger partial charge in [-0.2, -0.15) is 13.2 Å². The fourth-order valence-electron chi connectivity index (χ4n) is 2.96. The molecule has 1 aromatic carbocycles. The molecule has 0 atom stereocenters. The Labute approximate surface area is 165 Å². The summed E-state index contributed by atoms with van der Waals surface area (Å²) in [6, 6.07) is 4.95. The molecule has 3 rings (SSSR count). The molecule has 2 heterocycles. The molecule has 5 nitrogen and oxygen atoms in total. The van der Waals surface area contributed by atoms with Crippen LogP contribution >= 0.6 is 11.3 Å². The number of halogens is 3. The second kappa shape index (κ2) is 8.40. The zero-order valence-electron chi connectivity index (χ0n) is 15.7. The maximum atomic E-state index is 13.2. The zero-order valence-corrected chi connectivity index (χ0v) is 16.5. The van der Waals surface area contributed by atoms with Gasteiger partial charge in [0, 0.05) is 25.0 Å². The molecule has 2 aromatic rings. The number of urea groups is 1. The Kier molecular flexibility index (Phi) is 6.14. The highest BCUT2D eigenvalue weighted by molar-refractivity contribution is 7.10. The highest BCUT2D eigenvalue weighted by Gasteiger charge is 2.32. The minimum atomic E-state index is -4.48. The fourth-order valence-corrected chi connectivity index (χ4v) is 3.91. The maximum Gasteiger partial charge on any atom is 0.416 e. The van der Waals surface area contributed by atoms with Crippen LogP contribution in [0.5, 0.6) is 0 Å². The summed E-state index contributed by atoms with van der Waals surface area (Å²) in [5, 5.41) is 4.61. The molecule has 152 valence electrons. The van der Waals surface area contributed by atoms with Gasteiger partial charge < -0.3 is 19.9 Å². The van der Waals surface area contributed by atoms with Gasteiger partial charge in [-0.05, 0) is 42.1 Å². The van der Waals surface area contributed by atoms with Gasteiger partial charge in [0.1, 0.15) is 0 Å². The van der Waals surface area contributed by atoms with Crippen LogP contribution in [-0.2, 0) is 17.5 Å². The number of hydrogen-bond acceptors (Lipinski definition) is 4. The quantitative estimate of drug-likeness (QED) is 0.798. The summed E-state index contributed by atoms with van der Waals surface area (Å²) >= 11 is 1.54. The molecule has 28 heavy (non-hydrogen) atoms. The van der Waals surface area contributed by atoms with Crippen LogP contribution in [0.1, 0.15) is 16.0 Å². The molecule has 0 saturated carbocycles. The summed E-state index contributed by atoms with van der Waals surface area (Å²) in [5.74, 6) is 0. The van der Waals surface area contributed by atoms with Crippen molar-refractivity contribution in [2.75, 3.05) is 43.6 Å². The first kappa shape index (κ1) is 20.5. The van der Waals surface area contributed by atoms with Crippen LogP contribution in [-0.4, -0.2) is 44.3 Å². The average molecular weight is 413 g/mol. The molecule has 1 aliphatic heterocycles. The van der Waals surface area contributed by atoms with Gasteiger partial charge in [0.05, 0.1) is 36.7 Å². The largest absolute Gasteiger partial charge is 0.416 e. The van der Waals surface area contributed by atoms with E-state index in [0.717, 1.165) is 22.6 Å². The summed E-state index contributed by atoms with van der Waals surface area (Å²) in [6.45, 7) is 4.44. The molecule has 0 aliphatic carbocycles. The molecule has 1 fully saturated rings. The van der Waals surface area contributed by atoms with Crippen molar-refractivity contribution in [1.82, 2.24) is 4.90 Å². The van der Waals surface area contributed by atoms with E-state index in [1.54, 1.807) is 18.4 Å². The SMILES string of the molecule is Cc1ccsc1CN(C)C(=O)Nc1cc(C(F)(F)F)ccc1N1CCOCC1. The first-order valence-corrected chi connectivity index (χ1v) is 9.72. The van der Waals surface area contributed by atoms with E-state index in [1.165, 1.54) is 11.0 Å². The van der Waals surface area contributed by atoms with Crippen LogP contribution in [0.2, 0.25) is 0 Å². The number of nitrogens with zero attached hydrogens (tertiary/aromatic N) is 2. The number of aryl methyl sites for hydroxylation is 1. The number of anilines is 2. The number of carbonyl (C=O) groups is 1. The van der Waals surface area contributed by atoms with Crippen molar-refractivity contribution in [3.8, 4) is 0 Å². The molecule has 0 radical (unpaired) electrons. The van der Waals surface area contributed by atoms with Gasteiger partial charge in [-0.1, -0.05) is 0 Å². The highest BCUT2D eigenvalue weighted by Crippen LogP contribution is 2.36. The third kappa shape index (κ3) is 4.77. The van der Waals surface area contributed by atoms with E-state index in [4.69, 9.17) is 4.74 Å². The summed E-state index contributed by atoms with van der Waals surface area (Å²) < 4.78 is 44.8. The van der Waals surface area contributed by atoms with E-state index < -0.39 is 17.8 Å². The normalized spacial score (nSPS) is 14.8. The lowest BCUT2D eigenvalue weighted by molar-refractivity contribution is -0.137. The van der Waals surface area contributed by atoms with Crippen molar-refractivity contribution in [2.24, 2.45) is 0 Å². The number of morpholine rings is 1. The molecule has 1 aliphatic rings. The predicted molar refractivity (Wildman–Crippen MR) is 104 cm³/mol. The molecule has 0 unspecified atom stereocenters. The molecule has 0 bridgehead atoms. The van der Waals surface area contributed by atoms with E-state index in [1.807, 2.05) is 23.3 Å². The molecule has 1 N–H and O–H groups in total. The second-order valence-corrected chi connectivity index (χ2v) is 7.64. The van der Waals surface area contributed by atoms with Crippen LogP contribution in [0.4, 0.5) is 29.3 Å². The van der Waals surface area contributed by atoms with Gasteiger partial charge in [-0.25, -0.2) is 4.79 Å². The standard InChI is InChI=1S/C19H22F3N3O2S/c1-13-5-10-28-17(13)12-24(2)18(26)23-15-11-14(19(20,21)22)3-4-16(15)25-6-8-27-9-7-25/h3-5,10-11H,6-9,12H2,1-2H3,(H,23,26). The fraction of sp³-hybridized carbons (Fsp3) is 0.421. The van der Waals surface area contributed by atoms with Crippen molar-refractivity contribution >= 4 is 28.7 Å². The number of amides is 2. The summed E-state index contributed by atoms with van der Waals surface area (Å²) in [4.78, 5) is 17.1. The van der Waals surface area contributed by atoms with Crippen molar-refractivity contribution in [2.45, 2.75) is 19.6 Å². The number of benzene rings is 1. The van der Waals surface area contributed by atoms with E-state index in [-0.39, 0.29) is 5.69 Å². The molecule has 1 saturated heterocycles. The van der Waals surface area contributed by atoms with Crippen LogP contribution in [0, 0.1) is 6.92 Å². The second-order valence-electron chi connectivity index (χ2n) is 6.64. The Morgan fingerprint density at radius 3 is 2.61 bits per heavy atom. The van der Waals surface area contributed by atoms with E-state index in [9.17, 15) is 18.0 Å². The zero-order chi connectivity index (χ0) is 20.3. The summed E-state index contributed by atoms with van der Waals surface area (Å²) in [6.07, 6.45) is -4.48. The minimum Gasteiger partial charge on any atom is -0.378 e. The first-order chi connectivity index (χ1) is 13.3. The Morgan fingerprint density at radius 1 is 1.29 bits per heavy atom. The Balaban J connectivity index is 1.83. The van der Waals surface area contributed by atoms with Crippen LogP contribution < -0.4 is 10.2 Å². The van der Waals surface area contributed by atoms with Gasteiger partial charge in [0.25, 0.3) is 0 Å². The average Bonchev–Trinajstić information content (AvgIpc) is 3.06. The summed E-state index contributed by atoms with van der Waals surface area (Å²) in [5.41, 5.74) is 0.996. The number of rotatable bonds is 4. The predicted octanol–water partition coefficient (Wildman–Crippen LogP) is 4.58. The van der Waals surface area contributed by atoms with Crippen molar-refractivity contribution < 1.29 is 22.7 Å². The van der Waals surface area contributed by atoms with Gasteiger partial charge in [0.15, 0.2) is 0 Å². The Morgan fingerprint density at radius 2 is 2.00 bits per heavy atom. The lowest BCUT2D eigenvalue weighted by Crippen LogP contribution is -2.37. The van der Waals surface area contributed by atoms with Gasteiger partial charge in [-0.15, -0.1) is 11.3 Å². The van der Waals surface area contributed by atoms with Crippen LogP contribution in [0.25, 0.3) is 0 Å². The molecule has 0 spiro atoms. The number of alkyl halides is 3. The van der Waals surface area contributed by atoms with Gasteiger partial charge in [0.2, 0.25) is 0 Å². The lowest BCUT2D eigenvalue weighted by Gasteiger charge is -2.31. The number of ether oxygens (including phenoxy) is 1. The van der Waals surface area contributed by atoms with Crippen molar-refractivity contribution in [3.63, 3.8) is 0 Å². The molecule has 9 heteroatoms. The summed E-state index contributed by atoms with van der Waals surface area (Å²) in [7, 11) is 1.62. The maximum absolute atomic E-state index is 13.2. The van der Waals surface area contributed by atoms with E-state index in [2.05, 4.69) is 5.32 Å². The highest BCUT2D eigenvalue weighted by atomic mass is 32.1. The monoisotopic (exact) mass is 413 g/mol. The number of carbonyl (C=O) groups excluding carboxylic acids is 1. The molecular weight excluding hydrogens is 391 g/mol. The van der Waals surface area contributed by atoms with E-state index in [0.29, 0.717) is 38.5 Å². The van der Waals surface area contributed by atoms with E-state index >= 15 is 0 Å².